The van der Waals surface area contributed by atoms with Gasteiger partial charge in [-0.2, -0.15) is 0 Å². The first-order chi connectivity index (χ1) is 14.5. The van der Waals surface area contributed by atoms with E-state index in [4.69, 9.17) is 0 Å². The molecule has 2 bridgehead atoms. The first-order valence-corrected chi connectivity index (χ1v) is 10.7. The van der Waals surface area contributed by atoms with Gasteiger partial charge in [-0.1, -0.05) is 42.5 Å². The van der Waals surface area contributed by atoms with Gasteiger partial charge >= 0.3 is 0 Å². The van der Waals surface area contributed by atoms with Crippen molar-refractivity contribution in [3.05, 3.63) is 48.0 Å². The summed E-state index contributed by atoms with van der Waals surface area (Å²) in [6.45, 7) is 1.55. The number of hydrogen-bond acceptors (Lipinski definition) is 4. The lowest BCUT2D eigenvalue weighted by molar-refractivity contribution is -0.140. The van der Waals surface area contributed by atoms with Crippen LogP contribution in [0.25, 0.3) is 0 Å². The highest BCUT2D eigenvalue weighted by atomic mass is 127. The number of carbonyl (C=O) groups excluding carboxylic acids is 2. The Morgan fingerprint density at radius 3 is 2.26 bits per heavy atom. The molecule has 0 radical (unpaired) electrons. The number of nitrogens with zero attached hydrogens (tertiary/aromatic N) is 3. The third-order valence-electron chi connectivity index (χ3n) is 6.68. The number of carbonyl (C=O) groups is 2. The molecule has 1 aromatic carbocycles. The molecule has 1 saturated carbocycles. The number of nitrogens with one attached hydrogen (secondary N) is 2. The van der Waals surface area contributed by atoms with Crippen LogP contribution < -0.4 is 10.6 Å². The molecule has 2 fully saturated rings. The summed E-state index contributed by atoms with van der Waals surface area (Å²) in [5.41, 5.74) is 1.23. The summed E-state index contributed by atoms with van der Waals surface area (Å²) < 4.78 is 0. The van der Waals surface area contributed by atoms with Gasteiger partial charge in [0.2, 0.25) is 11.8 Å². The van der Waals surface area contributed by atoms with Gasteiger partial charge in [-0.05, 0) is 37.9 Å². The molecule has 0 spiro atoms. The van der Waals surface area contributed by atoms with E-state index in [1.54, 1.807) is 7.05 Å². The third kappa shape index (κ3) is 4.64. The molecule has 5 atom stereocenters. The number of guanidine groups is 1. The maximum Gasteiger partial charge on any atom is 0.233 e. The van der Waals surface area contributed by atoms with Gasteiger partial charge in [-0.15, -0.1) is 24.0 Å². The Morgan fingerprint density at radius 2 is 1.71 bits per heavy atom. The highest BCUT2D eigenvalue weighted by Gasteiger charge is 2.58. The number of halogens is 1. The zero-order valence-electron chi connectivity index (χ0n) is 18.3. The Bertz CT molecular complexity index is 827. The standard InChI is InChI=1S/C23H31N5O2.HI/c1-24-23(26-14-18(27(2)3)15-7-5-4-6-8-15)25-11-12-28-21(29)19-16-9-10-17(13-16)20(19)22(28)30;/h4-10,16-20H,11-14H2,1-3H3,(H2,24,25,26);1H. The van der Waals surface area contributed by atoms with Crippen LogP contribution in [0.4, 0.5) is 0 Å². The lowest BCUT2D eigenvalue weighted by atomic mass is 9.85. The molecule has 2 amide bonds. The van der Waals surface area contributed by atoms with Crippen molar-refractivity contribution >= 4 is 41.8 Å². The van der Waals surface area contributed by atoms with Gasteiger partial charge in [0.25, 0.3) is 0 Å². The van der Waals surface area contributed by atoms with Crippen LogP contribution in [0.15, 0.2) is 47.5 Å². The molecule has 31 heavy (non-hydrogen) atoms. The summed E-state index contributed by atoms with van der Waals surface area (Å²) in [6.07, 6.45) is 5.21. The van der Waals surface area contributed by atoms with E-state index in [1.165, 1.54) is 10.5 Å². The minimum absolute atomic E-state index is 0. The van der Waals surface area contributed by atoms with E-state index in [-0.39, 0.29) is 65.5 Å². The number of hydrogen-bond donors (Lipinski definition) is 2. The van der Waals surface area contributed by atoms with Crippen LogP contribution in [0.5, 0.6) is 0 Å². The first-order valence-electron chi connectivity index (χ1n) is 10.7. The van der Waals surface area contributed by atoms with E-state index in [1.807, 2.05) is 18.2 Å². The summed E-state index contributed by atoms with van der Waals surface area (Å²) in [5.74, 6) is 0.924. The van der Waals surface area contributed by atoms with Crippen molar-refractivity contribution in [1.29, 1.82) is 0 Å². The first kappa shape index (κ1) is 23.7. The molecule has 1 aliphatic heterocycles. The van der Waals surface area contributed by atoms with Crippen molar-refractivity contribution in [3.8, 4) is 0 Å². The number of fused-ring (bicyclic) bond motifs is 5. The topological polar surface area (TPSA) is 77.0 Å². The lowest BCUT2D eigenvalue weighted by Crippen LogP contribution is -2.45. The predicted octanol–water partition coefficient (Wildman–Crippen LogP) is 1.88. The Kier molecular flexibility index (Phi) is 7.74. The Labute approximate surface area is 201 Å². The smallest absolute Gasteiger partial charge is 0.233 e. The number of likely N-dealkylation sites (N-methyl/N-ethyl adjacent to an activating group) is 1. The van der Waals surface area contributed by atoms with Gasteiger partial charge in [0.15, 0.2) is 5.96 Å². The molecule has 5 unspecified atom stereocenters. The van der Waals surface area contributed by atoms with Crippen LogP contribution in [0.3, 0.4) is 0 Å². The largest absolute Gasteiger partial charge is 0.355 e. The van der Waals surface area contributed by atoms with Crippen LogP contribution in [0.2, 0.25) is 0 Å². The molecule has 2 aliphatic carbocycles. The molecular weight excluding hydrogens is 505 g/mol. The fraction of sp³-hybridized carbons (Fsp3) is 0.522. The lowest BCUT2D eigenvalue weighted by Gasteiger charge is -2.26. The maximum absolute atomic E-state index is 12.8. The van der Waals surface area contributed by atoms with Crippen LogP contribution in [-0.4, -0.2) is 68.4 Å². The zero-order chi connectivity index (χ0) is 21.3. The number of amides is 2. The second-order valence-corrected chi connectivity index (χ2v) is 8.60. The molecule has 1 aromatic rings. The molecule has 0 aromatic heterocycles. The fourth-order valence-corrected chi connectivity index (χ4v) is 5.16. The number of benzene rings is 1. The summed E-state index contributed by atoms with van der Waals surface area (Å²) in [5, 5.41) is 6.61. The van der Waals surface area contributed by atoms with E-state index in [0.717, 1.165) is 6.42 Å². The van der Waals surface area contributed by atoms with E-state index >= 15 is 0 Å². The van der Waals surface area contributed by atoms with Crippen molar-refractivity contribution in [2.24, 2.45) is 28.7 Å². The Balaban J connectivity index is 0.00000272. The molecule has 2 N–H and O–H groups in total. The fourth-order valence-electron chi connectivity index (χ4n) is 5.16. The second-order valence-electron chi connectivity index (χ2n) is 8.60. The second kappa shape index (κ2) is 10.1. The predicted molar refractivity (Wildman–Crippen MR) is 132 cm³/mol. The van der Waals surface area contributed by atoms with E-state index in [2.05, 4.69) is 58.9 Å². The van der Waals surface area contributed by atoms with Crippen molar-refractivity contribution in [2.45, 2.75) is 12.5 Å². The van der Waals surface area contributed by atoms with Gasteiger partial charge in [0.05, 0.1) is 17.9 Å². The number of aliphatic imine (C=N–C) groups is 1. The zero-order valence-corrected chi connectivity index (χ0v) is 20.7. The normalized spacial score (nSPS) is 27.5. The summed E-state index contributed by atoms with van der Waals surface area (Å²) in [6, 6.07) is 10.5. The molecule has 3 aliphatic rings. The third-order valence-corrected chi connectivity index (χ3v) is 6.68. The average molecular weight is 537 g/mol. The SMILES string of the molecule is CN=C(NCCN1C(=O)C2C3C=CC(C3)C2C1=O)NCC(c1ccccc1)N(C)C.I. The monoisotopic (exact) mass is 537 g/mol. The van der Waals surface area contributed by atoms with Gasteiger partial charge in [0, 0.05) is 26.7 Å². The van der Waals surface area contributed by atoms with Crippen LogP contribution in [0.1, 0.15) is 18.0 Å². The number of allylic oxidation sites excluding steroid dienone is 2. The van der Waals surface area contributed by atoms with Crippen LogP contribution in [-0.2, 0) is 9.59 Å². The van der Waals surface area contributed by atoms with E-state index in [0.29, 0.717) is 25.6 Å². The van der Waals surface area contributed by atoms with Crippen molar-refractivity contribution in [2.75, 3.05) is 40.8 Å². The molecule has 8 heteroatoms. The van der Waals surface area contributed by atoms with E-state index < -0.39 is 0 Å². The number of rotatable bonds is 7. The van der Waals surface area contributed by atoms with Crippen molar-refractivity contribution in [3.63, 3.8) is 0 Å². The van der Waals surface area contributed by atoms with Crippen LogP contribution in [0, 0.1) is 23.7 Å². The van der Waals surface area contributed by atoms with Gasteiger partial charge in [-0.25, -0.2) is 0 Å². The highest BCUT2D eigenvalue weighted by molar-refractivity contribution is 14.0. The summed E-state index contributed by atoms with van der Waals surface area (Å²) in [7, 11) is 5.83. The molecule has 7 nitrogen and oxygen atoms in total. The average Bonchev–Trinajstić information content (AvgIpc) is 3.42. The van der Waals surface area contributed by atoms with Gasteiger partial charge in [0.1, 0.15) is 0 Å². The van der Waals surface area contributed by atoms with Gasteiger partial charge < -0.3 is 15.5 Å². The number of likely N-dealkylation sites (tertiary alicyclic amines) is 1. The summed E-state index contributed by atoms with van der Waals surface area (Å²) >= 11 is 0. The molecule has 1 heterocycles. The summed E-state index contributed by atoms with van der Waals surface area (Å²) in [4.78, 5) is 33.4. The molecule has 1 saturated heterocycles. The quantitative estimate of drug-likeness (QED) is 0.183. The molecular formula is C23H32IN5O2. The molecule has 168 valence electrons. The maximum atomic E-state index is 12.8. The Hall–Kier alpha value is -1.94. The Morgan fingerprint density at radius 1 is 1.10 bits per heavy atom. The van der Waals surface area contributed by atoms with Gasteiger partial charge in [-0.3, -0.25) is 19.5 Å². The minimum Gasteiger partial charge on any atom is -0.355 e. The molecule has 4 rings (SSSR count). The number of imide groups is 1. The van der Waals surface area contributed by atoms with Crippen molar-refractivity contribution < 1.29 is 9.59 Å². The van der Waals surface area contributed by atoms with Crippen molar-refractivity contribution in [1.82, 2.24) is 20.4 Å². The minimum atomic E-state index is -0.128. The highest BCUT2D eigenvalue weighted by Crippen LogP contribution is 2.52. The van der Waals surface area contributed by atoms with Crippen LogP contribution >= 0.6 is 24.0 Å². The van der Waals surface area contributed by atoms with E-state index in [9.17, 15) is 9.59 Å².